The Morgan fingerprint density at radius 1 is 1.44 bits per heavy atom. The first-order valence-electron chi connectivity index (χ1n) is 5.33. The summed E-state index contributed by atoms with van der Waals surface area (Å²) in [4.78, 5) is 10.6. The molecule has 1 aromatic rings. The normalized spacial score (nSPS) is 10.1. The second-order valence-electron chi connectivity index (χ2n) is 3.54. The van der Waals surface area contributed by atoms with E-state index in [1.165, 1.54) is 5.56 Å². The molecule has 1 rings (SSSR count). The molecule has 1 aromatic carbocycles. The number of hydrogen-bond donors (Lipinski definition) is 2. The van der Waals surface area contributed by atoms with Gasteiger partial charge in [0.1, 0.15) is 0 Å². The van der Waals surface area contributed by atoms with Crippen molar-refractivity contribution in [2.45, 2.75) is 12.8 Å². The molecule has 0 radical (unpaired) electrons. The highest BCUT2D eigenvalue weighted by Gasteiger charge is 2.01. The average Bonchev–Trinajstić information content (AvgIpc) is 2.27. The third-order valence-electron chi connectivity index (χ3n) is 2.28. The molecule has 0 heterocycles. The predicted octanol–water partition coefficient (Wildman–Crippen LogP) is 1.16. The zero-order valence-corrected chi connectivity index (χ0v) is 9.53. The number of carbonyl (C=O) groups is 1. The molecule has 4 heteroatoms. The zero-order chi connectivity index (χ0) is 11.8. The first-order valence-corrected chi connectivity index (χ1v) is 5.33. The van der Waals surface area contributed by atoms with Crippen molar-refractivity contribution in [3.63, 3.8) is 0 Å². The number of nitrogens with two attached hydrogens (primary N) is 1. The molecule has 0 bridgehead atoms. The Kier molecular flexibility index (Phi) is 5.36. The Labute approximate surface area is 95.8 Å². The summed E-state index contributed by atoms with van der Waals surface area (Å²) in [5, 5.41) is 3.20. The first-order chi connectivity index (χ1) is 7.74. The molecule has 0 atom stereocenters. The molecule has 3 N–H and O–H groups in total. The Hall–Kier alpha value is -1.55. The average molecular weight is 222 g/mol. The van der Waals surface area contributed by atoms with E-state index in [1.54, 1.807) is 7.11 Å². The quantitative estimate of drug-likeness (QED) is 0.727. The van der Waals surface area contributed by atoms with Gasteiger partial charge in [-0.3, -0.25) is 4.79 Å². The molecule has 0 fully saturated rings. The van der Waals surface area contributed by atoms with E-state index >= 15 is 0 Å². The summed E-state index contributed by atoms with van der Waals surface area (Å²) in [5.41, 5.74) is 7.31. The van der Waals surface area contributed by atoms with Crippen LogP contribution in [-0.2, 0) is 16.0 Å². The molecule has 0 aliphatic rings. The maximum absolute atomic E-state index is 10.6. The van der Waals surface area contributed by atoms with Crippen molar-refractivity contribution in [2.75, 3.05) is 25.6 Å². The van der Waals surface area contributed by atoms with Gasteiger partial charge >= 0.3 is 0 Å². The summed E-state index contributed by atoms with van der Waals surface area (Å²) >= 11 is 0. The Morgan fingerprint density at radius 2 is 2.19 bits per heavy atom. The largest absolute Gasteiger partial charge is 0.384 e. The van der Waals surface area contributed by atoms with Gasteiger partial charge < -0.3 is 15.8 Å². The second-order valence-corrected chi connectivity index (χ2v) is 3.54. The number of carbonyl (C=O) groups excluding carboxylic acids is 1. The van der Waals surface area contributed by atoms with E-state index in [1.807, 2.05) is 24.3 Å². The summed E-state index contributed by atoms with van der Waals surface area (Å²) in [7, 11) is 1.68. The number of nitrogens with one attached hydrogen (secondary N) is 1. The van der Waals surface area contributed by atoms with E-state index < -0.39 is 0 Å². The number of methoxy groups -OCH3 is 1. The molecule has 4 nitrogen and oxygen atoms in total. The molecular weight excluding hydrogens is 204 g/mol. The van der Waals surface area contributed by atoms with Crippen LogP contribution in [0.1, 0.15) is 12.0 Å². The van der Waals surface area contributed by atoms with Gasteiger partial charge in [-0.25, -0.2) is 0 Å². The molecule has 0 saturated heterocycles. The monoisotopic (exact) mass is 222 g/mol. The van der Waals surface area contributed by atoms with Crippen LogP contribution in [0.4, 0.5) is 5.69 Å². The molecule has 0 aromatic heterocycles. The van der Waals surface area contributed by atoms with Crippen molar-refractivity contribution >= 4 is 11.6 Å². The zero-order valence-electron chi connectivity index (χ0n) is 9.53. The Bertz CT molecular complexity index is 340. The second kappa shape index (κ2) is 6.85. The van der Waals surface area contributed by atoms with Gasteiger partial charge in [0.05, 0.1) is 6.61 Å². The summed E-state index contributed by atoms with van der Waals surface area (Å²) in [6, 6.07) is 7.99. The lowest BCUT2D eigenvalue weighted by molar-refractivity contribution is -0.117. The van der Waals surface area contributed by atoms with Crippen LogP contribution in [-0.4, -0.2) is 26.2 Å². The van der Waals surface area contributed by atoms with Crippen LogP contribution < -0.4 is 11.1 Å². The van der Waals surface area contributed by atoms with Gasteiger partial charge in [-0.05, 0) is 18.1 Å². The van der Waals surface area contributed by atoms with Crippen LogP contribution >= 0.6 is 0 Å². The van der Waals surface area contributed by atoms with Crippen LogP contribution in [0.2, 0.25) is 0 Å². The molecule has 16 heavy (non-hydrogen) atoms. The van der Waals surface area contributed by atoms with Gasteiger partial charge in [-0.15, -0.1) is 0 Å². The van der Waals surface area contributed by atoms with E-state index in [-0.39, 0.29) is 5.91 Å². The fourth-order valence-electron chi connectivity index (χ4n) is 1.44. The number of ether oxygens (including phenoxy) is 1. The fraction of sp³-hybridized carbons (Fsp3) is 0.417. The van der Waals surface area contributed by atoms with Crippen LogP contribution in [0, 0.1) is 0 Å². The highest BCUT2D eigenvalue weighted by atomic mass is 16.5. The van der Waals surface area contributed by atoms with Gasteiger partial charge in [0.25, 0.3) is 0 Å². The van der Waals surface area contributed by atoms with Crippen LogP contribution in [0.15, 0.2) is 24.3 Å². The summed E-state index contributed by atoms with van der Waals surface area (Å²) in [6.07, 6.45) is 1.20. The standard InChI is InChI=1S/C12H18N2O2/c1-16-9-7-10-4-2-3-5-11(10)14-8-6-12(13)15/h2-5,14H,6-9H2,1H3,(H2,13,15). The molecule has 0 aliphatic carbocycles. The lowest BCUT2D eigenvalue weighted by atomic mass is 10.1. The number of hydrogen-bond acceptors (Lipinski definition) is 3. The molecule has 0 saturated carbocycles. The third kappa shape index (κ3) is 4.31. The van der Waals surface area contributed by atoms with Crippen LogP contribution in [0.3, 0.4) is 0 Å². The molecule has 0 unspecified atom stereocenters. The minimum atomic E-state index is -0.290. The lowest BCUT2D eigenvalue weighted by Gasteiger charge is -2.10. The first kappa shape index (κ1) is 12.5. The number of amides is 1. The van der Waals surface area contributed by atoms with E-state index in [0.29, 0.717) is 19.6 Å². The summed E-state index contributed by atoms with van der Waals surface area (Å²) in [6.45, 7) is 1.26. The summed E-state index contributed by atoms with van der Waals surface area (Å²) < 4.78 is 5.04. The summed E-state index contributed by atoms with van der Waals surface area (Å²) in [5.74, 6) is -0.290. The number of para-hydroxylation sites is 1. The highest BCUT2D eigenvalue weighted by Crippen LogP contribution is 2.15. The van der Waals surface area contributed by atoms with Gasteiger partial charge in [0.15, 0.2) is 0 Å². The topological polar surface area (TPSA) is 64.3 Å². The van der Waals surface area contributed by atoms with Gasteiger partial charge in [0.2, 0.25) is 5.91 Å². The smallest absolute Gasteiger partial charge is 0.219 e. The number of primary amides is 1. The van der Waals surface area contributed by atoms with Crippen LogP contribution in [0.25, 0.3) is 0 Å². The molecule has 0 spiro atoms. The van der Waals surface area contributed by atoms with E-state index in [2.05, 4.69) is 5.32 Å². The van der Waals surface area contributed by atoms with Crippen molar-refractivity contribution in [2.24, 2.45) is 5.73 Å². The van der Waals surface area contributed by atoms with Crippen molar-refractivity contribution in [1.29, 1.82) is 0 Å². The molecule has 0 aliphatic heterocycles. The van der Waals surface area contributed by atoms with Crippen molar-refractivity contribution in [3.8, 4) is 0 Å². The lowest BCUT2D eigenvalue weighted by Crippen LogP contribution is -2.16. The van der Waals surface area contributed by atoms with E-state index in [4.69, 9.17) is 10.5 Å². The minimum Gasteiger partial charge on any atom is -0.384 e. The fourth-order valence-corrected chi connectivity index (χ4v) is 1.44. The van der Waals surface area contributed by atoms with E-state index in [9.17, 15) is 4.79 Å². The van der Waals surface area contributed by atoms with Gasteiger partial charge in [-0.1, -0.05) is 18.2 Å². The van der Waals surface area contributed by atoms with Crippen LogP contribution in [0.5, 0.6) is 0 Å². The van der Waals surface area contributed by atoms with E-state index in [0.717, 1.165) is 12.1 Å². The third-order valence-corrected chi connectivity index (χ3v) is 2.28. The van der Waals surface area contributed by atoms with Gasteiger partial charge in [0, 0.05) is 25.8 Å². The highest BCUT2D eigenvalue weighted by molar-refractivity contribution is 5.74. The molecule has 88 valence electrons. The van der Waals surface area contributed by atoms with Crippen molar-refractivity contribution in [3.05, 3.63) is 29.8 Å². The number of rotatable bonds is 7. The van der Waals surface area contributed by atoms with Crippen molar-refractivity contribution < 1.29 is 9.53 Å². The Morgan fingerprint density at radius 3 is 2.88 bits per heavy atom. The van der Waals surface area contributed by atoms with Crippen molar-refractivity contribution in [1.82, 2.24) is 0 Å². The molecular formula is C12H18N2O2. The SMILES string of the molecule is COCCc1ccccc1NCCC(N)=O. The predicted molar refractivity (Wildman–Crippen MR) is 64.3 cm³/mol. The maximum Gasteiger partial charge on any atom is 0.219 e. The van der Waals surface area contributed by atoms with Gasteiger partial charge in [-0.2, -0.15) is 0 Å². The maximum atomic E-state index is 10.6. The molecule has 1 amide bonds. The number of anilines is 1. The number of benzene rings is 1. The Balaban J connectivity index is 2.52. The minimum absolute atomic E-state index is 0.290.